The summed E-state index contributed by atoms with van der Waals surface area (Å²) in [6, 6.07) is 9.97. The molecule has 1 aromatic rings. The molecule has 32 heavy (non-hydrogen) atoms. The van der Waals surface area contributed by atoms with Gasteiger partial charge in [-0.25, -0.2) is 0 Å². The van der Waals surface area contributed by atoms with Crippen molar-refractivity contribution in [2.24, 2.45) is 11.3 Å². The Labute approximate surface area is 194 Å². The fourth-order valence-corrected chi connectivity index (χ4v) is 5.42. The molecule has 0 aromatic heterocycles. The van der Waals surface area contributed by atoms with E-state index in [9.17, 15) is 9.59 Å². The van der Waals surface area contributed by atoms with Gasteiger partial charge >= 0.3 is 0 Å². The number of rotatable bonds is 11. The van der Waals surface area contributed by atoms with Gasteiger partial charge in [-0.3, -0.25) is 15.0 Å². The van der Waals surface area contributed by atoms with Gasteiger partial charge in [-0.1, -0.05) is 69.9 Å². The summed E-state index contributed by atoms with van der Waals surface area (Å²) < 4.78 is 0. The van der Waals surface area contributed by atoms with Crippen LogP contribution in [0.25, 0.3) is 0 Å². The molecular formula is C27H41N3O2. The molecule has 3 rings (SSSR count). The quantitative estimate of drug-likeness (QED) is 0.487. The van der Waals surface area contributed by atoms with Gasteiger partial charge in [0.2, 0.25) is 11.8 Å². The lowest BCUT2D eigenvalue weighted by atomic mass is 9.77. The van der Waals surface area contributed by atoms with Crippen molar-refractivity contribution in [1.82, 2.24) is 9.80 Å². The molecule has 2 heterocycles. The number of benzene rings is 1. The Balaban J connectivity index is 1.54. The Hall–Kier alpha value is -2.17. The van der Waals surface area contributed by atoms with E-state index in [1.54, 1.807) is 4.90 Å². The Kier molecular flexibility index (Phi) is 8.50. The molecule has 2 unspecified atom stereocenters. The maximum Gasteiger partial charge on any atom is 0.234 e. The molecule has 0 radical (unpaired) electrons. The number of nitrogens with zero attached hydrogens (tertiary/aromatic N) is 2. The highest BCUT2D eigenvalue weighted by Crippen LogP contribution is 2.42. The van der Waals surface area contributed by atoms with Gasteiger partial charge in [0.1, 0.15) is 5.84 Å². The van der Waals surface area contributed by atoms with Crippen LogP contribution in [0, 0.1) is 16.7 Å². The fourth-order valence-electron chi connectivity index (χ4n) is 5.42. The predicted molar refractivity (Wildman–Crippen MR) is 130 cm³/mol. The number of unbranched alkanes of at least 4 members (excludes halogenated alkanes) is 2. The average Bonchev–Trinajstić information content (AvgIpc) is 3.37. The third-order valence-corrected chi connectivity index (χ3v) is 7.58. The van der Waals surface area contributed by atoms with E-state index >= 15 is 0 Å². The second-order valence-corrected chi connectivity index (χ2v) is 9.93. The summed E-state index contributed by atoms with van der Waals surface area (Å²) in [5, 5.41) is 8.54. The molecule has 5 nitrogen and oxygen atoms in total. The van der Waals surface area contributed by atoms with Crippen LogP contribution in [0.3, 0.4) is 0 Å². The Bertz CT molecular complexity index is 783. The molecule has 2 aliphatic heterocycles. The van der Waals surface area contributed by atoms with Gasteiger partial charge in [-0.05, 0) is 44.1 Å². The number of hydrogen-bond donors (Lipinski definition) is 1. The van der Waals surface area contributed by atoms with E-state index in [0.29, 0.717) is 24.7 Å². The molecule has 1 aromatic carbocycles. The van der Waals surface area contributed by atoms with Crippen molar-refractivity contribution >= 4 is 17.6 Å². The highest BCUT2D eigenvalue weighted by atomic mass is 16.2. The first kappa shape index (κ1) is 24.5. The summed E-state index contributed by atoms with van der Waals surface area (Å²) in [7, 11) is 0. The van der Waals surface area contributed by atoms with Crippen molar-refractivity contribution in [3.05, 3.63) is 35.9 Å². The van der Waals surface area contributed by atoms with Gasteiger partial charge < -0.3 is 9.80 Å². The molecule has 2 saturated heterocycles. The fraction of sp³-hybridized carbons (Fsp3) is 0.667. The summed E-state index contributed by atoms with van der Waals surface area (Å²) in [5.41, 5.74) is 0.721. The third-order valence-electron chi connectivity index (χ3n) is 7.58. The van der Waals surface area contributed by atoms with Crippen LogP contribution in [0.4, 0.5) is 0 Å². The minimum atomic E-state index is -0.341. The first-order valence-corrected chi connectivity index (χ1v) is 12.6. The Morgan fingerprint density at radius 1 is 1.16 bits per heavy atom. The summed E-state index contributed by atoms with van der Waals surface area (Å²) in [5.74, 6) is 1.17. The zero-order valence-corrected chi connectivity index (χ0v) is 20.2. The van der Waals surface area contributed by atoms with Crippen molar-refractivity contribution in [2.75, 3.05) is 19.6 Å². The molecule has 0 aliphatic carbocycles. The van der Waals surface area contributed by atoms with Crippen LogP contribution in [-0.2, 0) is 9.59 Å². The molecule has 0 bridgehead atoms. The number of amidine groups is 1. The monoisotopic (exact) mass is 439 g/mol. The van der Waals surface area contributed by atoms with Crippen LogP contribution in [0.2, 0.25) is 0 Å². The second-order valence-electron chi connectivity index (χ2n) is 9.93. The molecule has 0 saturated carbocycles. The molecule has 2 fully saturated rings. The minimum absolute atomic E-state index is 0.124. The lowest BCUT2D eigenvalue weighted by molar-refractivity contribution is -0.136. The van der Waals surface area contributed by atoms with Gasteiger partial charge in [-0.15, -0.1) is 0 Å². The van der Waals surface area contributed by atoms with E-state index < -0.39 is 0 Å². The maximum atomic E-state index is 13.4. The van der Waals surface area contributed by atoms with Gasteiger partial charge in [0.25, 0.3) is 0 Å². The number of carbonyl (C=O) groups is 2. The van der Waals surface area contributed by atoms with E-state index in [4.69, 9.17) is 5.41 Å². The maximum absolute atomic E-state index is 13.4. The highest BCUT2D eigenvalue weighted by Gasteiger charge is 2.48. The van der Waals surface area contributed by atoms with Crippen LogP contribution in [0.15, 0.2) is 30.3 Å². The standard InChI is InChI=1S/C27H41N3O2/c1-4-6-15-27(16-7-5-2)19-24(28)30(26(27)32)18-14-22-13-17-29(20-22)25(31)21(3)23-11-9-8-10-12-23/h8-12,21-22,28H,4-7,13-20H2,1-3H3. The zero-order chi connectivity index (χ0) is 23.1. The summed E-state index contributed by atoms with van der Waals surface area (Å²) in [6.07, 6.45) is 8.55. The summed E-state index contributed by atoms with van der Waals surface area (Å²) in [6.45, 7) is 8.51. The SMILES string of the molecule is CCCCC1(CCCC)CC(=N)N(CCC2CCN(C(=O)C(C)c3ccccc3)C2)C1=O. The van der Waals surface area contributed by atoms with Crippen LogP contribution >= 0.6 is 0 Å². The van der Waals surface area contributed by atoms with Gasteiger partial charge in [0, 0.05) is 26.1 Å². The summed E-state index contributed by atoms with van der Waals surface area (Å²) >= 11 is 0. The Morgan fingerprint density at radius 3 is 2.44 bits per heavy atom. The predicted octanol–water partition coefficient (Wildman–Crippen LogP) is 5.61. The van der Waals surface area contributed by atoms with Crippen molar-refractivity contribution in [1.29, 1.82) is 5.41 Å². The molecule has 2 atom stereocenters. The van der Waals surface area contributed by atoms with Gasteiger partial charge in [0.15, 0.2) is 0 Å². The lowest BCUT2D eigenvalue weighted by Gasteiger charge is -2.27. The third kappa shape index (κ3) is 5.41. The van der Waals surface area contributed by atoms with E-state index in [1.807, 2.05) is 42.2 Å². The normalized spacial score (nSPS) is 21.4. The van der Waals surface area contributed by atoms with Crippen molar-refractivity contribution in [3.8, 4) is 0 Å². The van der Waals surface area contributed by atoms with Crippen molar-refractivity contribution < 1.29 is 9.59 Å². The summed E-state index contributed by atoms with van der Waals surface area (Å²) in [4.78, 5) is 30.1. The number of carbonyl (C=O) groups excluding carboxylic acids is 2. The van der Waals surface area contributed by atoms with Crippen molar-refractivity contribution in [3.63, 3.8) is 0 Å². The molecule has 5 heteroatoms. The largest absolute Gasteiger partial charge is 0.342 e. The van der Waals surface area contributed by atoms with Gasteiger partial charge in [-0.2, -0.15) is 0 Å². The van der Waals surface area contributed by atoms with Crippen molar-refractivity contribution in [2.45, 2.75) is 84.5 Å². The number of amides is 2. The smallest absolute Gasteiger partial charge is 0.234 e. The van der Waals surface area contributed by atoms with E-state index in [0.717, 1.165) is 70.0 Å². The van der Waals surface area contributed by atoms with E-state index in [-0.39, 0.29) is 23.1 Å². The molecule has 176 valence electrons. The molecule has 0 spiro atoms. The van der Waals surface area contributed by atoms with E-state index in [1.165, 1.54) is 0 Å². The highest BCUT2D eigenvalue weighted by molar-refractivity contribution is 6.07. The Morgan fingerprint density at radius 2 is 1.81 bits per heavy atom. The topological polar surface area (TPSA) is 64.5 Å². The number of hydrogen-bond acceptors (Lipinski definition) is 3. The number of nitrogens with one attached hydrogen (secondary N) is 1. The molecule has 1 N–H and O–H groups in total. The molecular weight excluding hydrogens is 398 g/mol. The molecule has 2 amide bonds. The van der Waals surface area contributed by atoms with Crippen LogP contribution in [0.5, 0.6) is 0 Å². The first-order chi connectivity index (χ1) is 15.4. The second kappa shape index (κ2) is 11.1. The van der Waals surface area contributed by atoms with Crippen LogP contribution < -0.4 is 0 Å². The lowest BCUT2D eigenvalue weighted by Crippen LogP contribution is -2.37. The minimum Gasteiger partial charge on any atom is -0.342 e. The zero-order valence-electron chi connectivity index (χ0n) is 20.2. The first-order valence-electron chi connectivity index (χ1n) is 12.6. The average molecular weight is 440 g/mol. The molecule has 2 aliphatic rings. The van der Waals surface area contributed by atoms with E-state index in [2.05, 4.69) is 13.8 Å². The van der Waals surface area contributed by atoms with Crippen LogP contribution in [-0.4, -0.2) is 47.1 Å². The van der Waals surface area contributed by atoms with Gasteiger partial charge in [0.05, 0.1) is 11.3 Å². The number of likely N-dealkylation sites (tertiary alicyclic amines) is 2. The van der Waals surface area contributed by atoms with Crippen LogP contribution in [0.1, 0.15) is 90.0 Å².